The van der Waals surface area contributed by atoms with E-state index in [1.54, 1.807) is 18.5 Å². The average molecular weight is 431 g/mol. The van der Waals surface area contributed by atoms with Gasteiger partial charge in [0.15, 0.2) is 5.17 Å². The molecular formula is C19H18N4O4S2. The molecule has 4 rings (SSSR count). The Bertz CT molecular complexity index is 1180. The molecule has 0 aliphatic carbocycles. The molecule has 1 N–H and O–H groups in total. The first-order valence-corrected chi connectivity index (χ1v) is 11.6. The summed E-state index contributed by atoms with van der Waals surface area (Å²) in [5.74, 6) is 0.156. The average Bonchev–Trinajstić information content (AvgIpc) is 3.30. The Morgan fingerprint density at radius 2 is 2.10 bits per heavy atom. The maximum Gasteiger partial charge on any atom is 0.281 e. The molecule has 1 aliphatic heterocycles. The summed E-state index contributed by atoms with van der Waals surface area (Å²) < 4.78 is 27.9. The van der Waals surface area contributed by atoms with E-state index in [4.69, 9.17) is 4.18 Å². The zero-order valence-corrected chi connectivity index (χ0v) is 17.1. The highest BCUT2D eigenvalue weighted by Gasteiger charge is 2.33. The fourth-order valence-corrected chi connectivity index (χ4v) is 4.60. The first-order chi connectivity index (χ1) is 13.9. The first-order valence-electron chi connectivity index (χ1n) is 8.79. The molecule has 1 atom stereocenters. The van der Waals surface area contributed by atoms with Crippen molar-refractivity contribution in [2.45, 2.75) is 6.04 Å². The predicted octanol–water partition coefficient (Wildman–Crippen LogP) is 2.66. The Kier molecular flexibility index (Phi) is 5.39. The van der Waals surface area contributed by atoms with Gasteiger partial charge in [-0.25, -0.2) is 4.98 Å². The summed E-state index contributed by atoms with van der Waals surface area (Å²) in [7, 11) is -3.57. The van der Waals surface area contributed by atoms with E-state index in [-0.39, 0.29) is 12.6 Å². The number of aromatic amines is 1. The number of rotatable bonds is 5. The lowest BCUT2D eigenvalue weighted by Gasteiger charge is -2.25. The van der Waals surface area contributed by atoms with Crippen LogP contribution in [0.5, 0.6) is 0 Å². The van der Waals surface area contributed by atoms with Crippen LogP contribution in [0.3, 0.4) is 0 Å². The van der Waals surface area contributed by atoms with Gasteiger partial charge in [0.1, 0.15) is 5.65 Å². The van der Waals surface area contributed by atoms with Crippen molar-refractivity contribution < 1.29 is 17.4 Å². The number of hydrogen-bond donors (Lipinski definition) is 1. The Hall–Kier alpha value is -2.69. The van der Waals surface area contributed by atoms with Crippen LogP contribution in [0.25, 0.3) is 11.0 Å². The van der Waals surface area contributed by atoms with Crippen LogP contribution >= 0.6 is 11.8 Å². The van der Waals surface area contributed by atoms with Crippen molar-refractivity contribution in [3.05, 3.63) is 60.4 Å². The molecule has 0 saturated carbocycles. The number of nitrogens with one attached hydrogen (secondary N) is 1. The third-order valence-corrected chi connectivity index (χ3v) is 6.03. The lowest BCUT2D eigenvalue weighted by atomic mass is 10.2. The Morgan fingerprint density at radius 3 is 2.86 bits per heavy atom. The molecule has 150 valence electrons. The van der Waals surface area contributed by atoms with Crippen molar-refractivity contribution in [1.82, 2.24) is 9.97 Å². The van der Waals surface area contributed by atoms with E-state index in [1.807, 2.05) is 41.3 Å². The molecule has 0 radical (unpaired) electrons. The van der Waals surface area contributed by atoms with Gasteiger partial charge in [0.05, 0.1) is 24.5 Å². The van der Waals surface area contributed by atoms with Crippen LogP contribution in [-0.4, -0.2) is 54.1 Å². The monoisotopic (exact) mass is 430 g/mol. The second-order valence-electron chi connectivity index (χ2n) is 6.46. The molecule has 0 spiro atoms. The first kappa shape index (κ1) is 19.6. The van der Waals surface area contributed by atoms with Gasteiger partial charge in [-0.15, -0.1) is 0 Å². The summed E-state index contributed by atoms with van der Waals surface area (Å²) in [4.78, 5) is 26.2. The summed E-state index contributed by atoms with van der Waals surface area (Å²) in [6, 6.07) is 12.7. The second kappa shape index (κ2) is 7.97. The predicted molar refractivity (Wildman–Crippen MR) is 114 cm³/mol. The maximum absolute atomic E-state index is 12.9. The van der Waals surface area contributed by atoms with E-state index < -0.39 is 16.0 Å². The topological polar surface area (TPSA) is 105 Å². The number of amidine groups is 1. The van der Waals surface area contributed by atoms with E-state index >= 15 is 0 Å². The molecule has 2 aromatic heterocycles. The number of nitrogens with zero attached hydrogens (tertiary/aromatic N) is 3. The number of carbonyl (C=O) groups is 1. The molecule has 1 fully saturated rings. The van der Waals surface area contributed by atoms with Crippen LogP contribution in [0.4, 0.5) is 5.69 Å². The van der Waals surface area contributed by atoms with Crippen molar-refractivity contribution in [3.63, 3.8) is 0 Å². The van der Waals surface area contributed by atoms with Crippen LogP contribution in [0.2, 0.25) is 0 Å². The quantitative estimate of drug-likeness (QED) is 0.621. The number of para-hydroxylation sites is 1. The number of amides is 1. The maximum atomic E-state index is 12.9. The van der Waals surface area contributed by atoms with E-state index in [9.17, 15) is 13.2 Å². The van der Waals surface area contributed by atoms with Crippen LogP contribution in [0, 0.1) is 0 Å². The summed E-state index contributed by atoms with van der Waals surface area (Å²) in [6.45, 7) is -0.0229. The minimum atomic E-state index is -3.57. The minimum Gasteiger partial charge on any atom is -0.345 e. The van der Waals surface area contributed by atoms with Crippen LogP contribution in [-0.2, 0) is 14.3 Å². The van der Waals surface area contributed by atoms with Crippen LogP contribution < -0.4 is 4.90 Å². The Balaban J connectivity index is 1.66. The highest BCUT2D eigenvalue weighted by Crippen LogP contribution is 2.31. The molecule has 3 aromatic rings. The normalized spacial score (nSPS) is 18.6. The van der Waals surface area contributed by atoms with Gasteiger partial charge in [-0.1, -0.05) is 30.0 Å². The molecule has 8 nitrogen and oxygen atoms in total. The third kappa shape index (κ3) is 4.34. The number of carbonyl (C=O) groups excluding carboxylic acids is 1. The largest absolute Gasteiger partial charge is 0.345 e. The summed E-state index contributed by atoms with van der Waals surface area (Å²) >= 11 is 1.39. The highest BCUT2D eigenvalue weighted by molar-refractivity contribution is 8.14. The van der Waals surface area contributed by atoms with Gasteiger partial charge in [-0.05, 0) is 24.3 Å². The number of fused-ring (bicyclic) bond motifs is 1. The number of thioether (sulfide) groups is 1. The molecule has 3 heterocycles. The van der Waals surface area contributed by atoms with E-state index in [0.29, 0.717) is 27.5 Å². The molecule has 1 aliphatic rings. The number of H-pyrrole nitrogens is 1. The standard InChI is InChI=1S/C19H18N4O4S2/c1-29(25,26)27-11-14-12-28-19(23(14)13-6-3-2-4-7-13)22-18(24)16-10-21-17-15(16)8-5-9-20-17/h2-10,14H,11-12H2,1H3,(H,20,21). The molecule has 1 amide bonds. The molecule has 10 heteroatoms. The van der Waals surface area contributed by atoms with Crippen LogP contribution in [0.1, 0.15) is 10.4 Å². The highest BCUT2D eigenvalue weighted by atomic mass is 32.2. The van der Waals surface area contributed by atoms with Crippen LogP contribution in [0.15, 0.2) is 59.9 Å². The molecule has 1 saturated heterocycles. The number of benzene rings is 1. The summed E-state index contributed by atoms with van der Waals surface area (Å²) in [5, 5.41) is 1.20. The van der Waals surface area contributed by atoms with Gasteiger partial charge in [0, 0.05) is 29.2 Å². The fraction of sp³-hybridized carbons (Fsp3) is 0.211. The van der Waals surface area contributed by atoms with E-state index in [0.717, 1.165) is 11.9 Å². The Labute approximate surface area is 172 Å². The van der Waals surface area contributed by atoms with Crippen molar-refractivity contribution >= 4 is 49.7 Å². The number of pyridine rings is 1. The van der Waals surface area contributed by atoms with E-state index in [2.05, 4.69) is 15.0 Å². The zero-order valence-electron chi connectivity index (χ0n) is 15.5. The molecule has 1 unspecified atom stereocenters. The van der Waals surface area contributed by atoms with Crippen molar-refractivity contribution in [2.24, 2.45) is 4.99 Å². The van der Waals surface area contributed by atoms with Crippen molar-refractivity contribution in [3.8, 4) is 0 Å². The fourth-order valence-electron chi connectivity index (χ4n) is 3.07. The lowest BCUT2D eigenvalue weighted by Crippen LogP contribution is -2.38. The van der Waals surface area contributed by atoms with Gasteiger partial charge in [-0.3, -0.25) is 8.98 Å². The Morgan fingerprint density at radius 1 is 1.31 bits per heavy atom. The lowest BCUT2D eigenvalue weighted by molar-refractivity contribution is 0.100. The smallest absolute Gasteiger partial charge is 0.281 e. The summed E-state index contributed by atoms with van der Waals surface area (Å²) in [6.07, 6.45) is 4.27. The van der Waals surface area contributed by atoms with Gasteiger partial charge >= 0.3 is 0 Å². The third-order valence-electron chi connectivity index (χ3n) is 4.36. The molecule has 0 bridgehead atoms. The molecule has 29 heavy (non-hydrogen) atoms. The van der Waals surface area contributed by atoms with Gasteiger partial charge in [0.2, 0.25) is 0 Å². The zero-order chi connectivity index (χ0) is 20.4. The second-order valence-corrected chi connectivity index (χ2v) is 9.09. The van der Waals surface area contributed by atoms with Gasteiger partial charge < -0.3 is 9.88 Å². The SMILES string of the molecule is CS(=O)(=O)OCC1CSC(=NC(=O)c2c[nH]c3ncccc23)N1c1ccccc1. The molecule has 1 aromatic carbocycles. The molecular weight excluding hydrogens is 412 g/mol. The minimum absolute atomic E-state index is 0.0229. The number of anilines is 1. The number of hydrogen-bond acceptors (Lipinski definition) is 6. The summed E-state index contributed by atoms with van der Waals surface area (Å²) in [5.41, 5.74) is 1.87. The number of aliphatic imine (C=N–C) groups is 1. The van der Waals surface area contributed by atoms with Crippen molar-refractivity contribution in [1.29, 1.82) is 0 Å². The van der Waals surface area contributed by atoms with Gasteiger partial charge in [-0.2, -0.15) is 13.4 Å². The van der Waals surface area contributed by atoms with Crippen molar-refractivity contribution in [2.75, 3.05) is 23.5 Å². The van der Waals surface area contributed by atoms with E-state index in [1.165, 1.54) is 11.8 Å². The van der Waals surface area contributed by atoms with Gasteiger partial charge in [0.25, 0.3) is 16.0 Å². The number of aromatic nitrogens is 2.